The second-order valence-electron chi connectivity index (χ2n) is 7.15. The van der Waals surface area contributed by atoms with Gasteiger partial charge in [0.1, 0.15) is 12.0 Å². The number of hydrogen-bond donors (Lipinski definition) is 0. The summed E-state index contributed by atoms with van der Waals surface area (Å²) in [6, 6.07) is 0. The van der Waals surface area contributed by atoms with Gasteiger partial charge in [-0.3, -0.25) is 28.8 Å². The van der Waals surface area contributed by atoms with Crippen LogP contribution in [0.5, 0.6) is 0 Å². The topological polar surface area (TPSA) is 152 Å². The molecular formula is C20H29NO11S. The van der Waals surface area contributed by atoms with E-state index in [9.17, 15) is 28.8 Å². The van der Waals surface area contributed by atoms with Crippen LogP contribution in [-0.4, -0.2) is 89.3 Å². The standard InChI is InChI=1S/C20H29NO11S/c1-10(22)21-7-8-33-20(21)19(32-15(6)27)18(31-14(5)26)17(30-13(4)25)16(29-12(3)24)9-28-11(2)23/h16-20H,7-9H2,1-6H3. The fourth-order valence-corrected chi connectivity index (χ4v) is 4.62. The average molecular weight is 492 g/mol. The summed E-state index contributed by atoms with van der Waals surface area (Å²) in [4.78, 5) is 72.5. The largest absolute Gasteiger partial charge is 0.462 e. The summed E-state index contributed by atoms with van der Waals surface area (Å²) in [5.74, 6) is -3.71. The van der Waals surface area contributed by atoms with Crippen LogP contribution in [0.4, 0.5) is 0 Å². The maximum atomic E-state index is 12.1. The Morgan fingerprint density at radius 1 is 0.758 bits per heavy atom. The van der Waals surface area contributed by atoms with Gasteiger partial charge < -0.3 is 28.6 Å². The molecule has 0 aromatic rings. The Balaban J connectivity index is 3.55. The van der Waals surface area contributed by atoms with Gasteiger partial charge in [0, 0.05) is 53.8 Å². The number of carbonyl (C=O) groups excluding carboxylic acids is 6. The number of nitrogens with zero attached hydrogens (tertiary/aromatic N) is 1. The van der Waals surface area contributed by atoms with Crippen molar-refractivity contribution < 1.29 is 52.5 Å². The Morgan fingerprint density at radius 2 is 1.27 bits per heavy atom. The third kappa shape index (κ3) is 9.28. The Morgan fingerprint density at radius 3 is 1.73 bits per heavy atom. The predicted octanol–water partition coefficient (Wildman–Crippen LogP) is 0.198. The van der Waals surface area contributed by atoms with E-state index in [0.717, 1.165) is 34.6 Å². The second-order valence-corrected chi connectivity index (χ2v) is 8.37. The molecule has 0 bridgehead atoms. The van der Waals surface area contributed by atoms with Crippen molar-refractivity contribution in [3.63, 3.8) is 0 Å². The lowest BCUT2D eigenvalue weighted by Gasteiger charge is -2.39. The molecule has 1 aliphatic heterocycles. The number of esters is 5. The molecule has 0 spiro atoms. The highest BCUT2D eigenvalue weighted by molar-refractivity contribution is 8.00. The van der Waals surface area contributed by atoms with E-state index < -0.39 is 66.2 Å². The molecule has 0 aromatic carbocycles. The fourth-order valence-electron chi connectivity index (χ4n) is 3.24. The Labute approximate surface area is 195 Å². The first kappa shape index (κ1) is 28.2. The van der Waals surface area contributed by atoms with E-state index in [1.807, 2.05) is 0 Å². The third-order valence-corrected chi connectivity index (χ3v) is 5.58. The minimum Gasteiger partial charge on any atom is -0.462 e. The van der Waals surface area contributed by atoms with Gasteiger partial charge in [-0.2, -0.15) is 0 Å². The second kappa shape index (κ2) is 13.0. The van der Waals surface area contributed by atoms with Crippen molar-refractivity contribution in [3.05, 3.63) is 0 Å². The number of thioether (sulfide) groups is 1. The van der Waals surface area contributed by atoms with Crippen molar-refractivity contribution in [3.8, 4) is 0 Å². The first-order chi connectivity index (χ1) is 15.3. The highest BCUT2D eigenvalue weighted by Crippen LogP contribution is 2.33. The molecule has 1 amide bonds. The first-order valence-electron chi connectivity index (χ1n) is 10.0. The third-order valence-electron chi connectivity index (χ3n) is 4.30. The van der Waals surface area contributed by atoms with Crippen LogP contribution >= 0.6 is 11.8 Å². The van der Waals surface area contributed by atoms with Gasteiger partial charge in [0.15, 0.2) is 24.4 Å². The molecule has 1 saturated heterocycles. The van der Waals surface area contributed by atoms with Crippen molar-refractivity contribution >= 4 is 47.5 Å². The molecule has 186 valence electrons. The number of hydrogen-bond acceptors (Lipinski definition) is 12. The van der Waals surface area contributed by atoms with Gasteiger partial charge in [-0.25, -0.2) is 0 Å². The molecular weight excluding hydrogens is 462 g/mol. The number of ether oxygens (including phenoxy) is 5. The van der Waals surface area contributed by atoms with Gasteiger partial charge in [0.2, 0.25) is 5.91 Å². The maximum Gasteiger partial charge on any atom is 0.303 e. The SMILES string of the molecule is CC(=O)OCC(OC(C)=O)C(OC(C)=O)C(OC(C)=O)C(OC(C)=O)C1SCCN1C(C)=O. The summed E-state index contributed by atoms with van der Waals surface area (Å²) in [5.41, 5.74) is 0. The van der Waals surface area contributed by atoms with Crippen LogP contribution in [-0.2, 0) is 52.5 Å². The highest BCUT2D eigenvalue weighted by Gasteiger charge is 2.49. The van der Waals surface area contributed by atoms with Crippen molar-refractivity contribution in [1.29, 1.82) is 0 Å². The van der Waals surface area contributed by atoms with E-state index in [1.165, 1.54) is 23.6 Å². The number of rotatable bonds is 10. The summed E-state index contributed by atoms with van der Waals surface area (Å²) in [6.45, 7) is 6.62. The zero-order chi connectivity index (χ0) is 25.3. The monoisotopic (exact) mass is 491 g/mol. The summed E-state index contributed by atoms with van der Waals surface area (Å²) in [5, 5.41) is -0.791. The van der Waals surface area contributed by atoms with Crippen LogP contribution in [0.3, 0.4) is 0 Å². The van der Waals surface area contributed by atoms with E-state index in [1.54, 1.807) is 0 Å². The van der Waals surface area contributed by atoms with Crippen molar-refractivity contribution in [2.24, 2.45) is 0 Å². The molecule has 12 nitrogen and oxygen atoms in total. The van der Waals surface area contributed by atoms with Crippen LogP contribution < -0.4 is 0 Å². The quantitative estimate of drug-likeness (QED) is 0.303. The van der Waals surface area contributed by atoms with Crippen molar-refractivity contribution in [1.82, 2.24) is 4.90 Å². The molecule has 1 rings (SSSR count). The molecule has 5 unspecified atom stereocenters. The van der Waals surface area contributed by atoms with Gasteiger partial charge >= 0.3 is 29.8 Å². The number of carbonyl (C=O) groups is 6. The maximum absolute atomic E-state index is 12.1. The van der Waals surface area contributed by atoms with E-state index in [-0.39, 0.29) is 5.91 Å². The van der Waals surface area contributed by atoms with Crippen LogP contribution in [0.2, 0.25) is 0 Å². The van der Waals surface area contributed by atoms with E-state index in [4.69, 9.17) is 23.7 Å². The molecule has 0 aromatic heterocycles. The van der Waals surface area contributed by atoms with Gasteiger partial charge in [-0.05, 0) is 0 Å². The lowest BCUT2D eigenvalue weighted by Crippen LogP contribution is -2.58. The molecule has 1 fully saturated rings. The summed E-state index contributed by atoms with van der Waals surface area (Å²) < 4.78 is 26.3. The van der Waals surface area contributed by atoms with Gasteiger partial charge in [-0.15, -0.1) is 11.8 Å². The Hall–Kier alpha value is -2.83. The Kier molecular flexibility index (Phi) is 11.1. The minimum atomic E-state index is -1.53. The molecule has 13 heteroatoms. The summed E-state index contributed by atoms with van der Waals surface area (Å²) in [7, 11) is 0. The molecule has 1 heterocycles. The molecule has 0 aliphatic carbocycles. The lowest BCUT2D eigenvalue weighted by atomic mass is 10.0. The fraction of sp³-hybridized carbons (Fsp3) is 0.700. The van der Waals surface area contributed by atoms with E-state index in [0.29, 0.717) is 12.3 Å². The molecule has 1 aliphatic rings. The van der Waals surface area contributed by atoms with E-state index >= 15 is 0 Å². The normalized spacial score (nSPS) is 18.8. The van der Waals surface area contributed by atoms with Gasteiger partial charge in [-0.1, -0.05) is 0 Å². The van der Waals surface area contributed by atoms with Crippen molar-refractivity contribution in [2.75, 3.05) is 18.9 Å². The van der Waals surface area contributed by atoms with Crippen LogP contribution in [0.15, 0.2) is 0 Å². The molecule has 5 atom stereocenters. The first-order valence-corrected chi connectivity index (χ1v) is 11.1. The highest BCUT2D eigenvalue weighted by atomic mass is 32.2. The van der Waals surface area contributed by atoms with Crippen LogP contribution in [0.1, 0.15) is 41.5 Å². The molecule has 33 heavy (non-hydrogen) atoms. The summed E-state index contributed by atoms with van der Waals surface area (Å²) >= 11 is 1.27. The number of amides is 1. The van der Waals surface area contributed by atoms with Crippen LogP contribution in [0, 0.1) is 0 Å². The van der Waals surface area contributed by atoms with Gasteiger partial charge in [0.05, 0.1) is 0 Å². The zero-order valence-corrected chi connectivity index (χ0v) is 20.2. The minimum absolute atomic E-state index is 0.316. The molecule has 0 radical (unpaired) electrons. The predicted molar refractivity (Wildman–Crippen MR) is 112 cm³/mol. The summed E-state index contributed by atoms with van der Waals surface area (Å²) in [6.07, 6.45) is -5.75. The average Bonchev–Trinajstić information content (AvgIpc) is 3.15. The van der Waals surface area contributed by atoms with Crippen LogP contribution in [0.25, 0.3) is 0 Å². The van der Waals surface area contributed by atoms with Gasteiger partial charge in [0.25, 0.3) is 0 Å². The van der Waals surface area contributed by atoms with Crippen molar-refractivity contribution in [2.45, 2.75) is 71.3 Å². The smallest absolute Gasteiger partial charge is 0.303 e. The van der Waals surface area contributed by atoms with E-state index in [2.05, 4.69) is 0 Å². The molecule has 0 saturated carbocycles. The zero-order valence-electron chi connectivity index (χ0n) is 19.4. The molecule has 0 N–H and O–H groups in total. The lowest BCUT2D eigenvalue weighted by molar-refractivity contribution is -0.204. The Bertz CT molecular complexity index is 771.